The highest BCUT2D eigenvalue weighted by Crippen LogP contribution is 2.45. The largest absolute Gasteiger partial charge is 0.481 e. The van der Waals surface area contributed by atoms with Crippen molar-refractivity contribution in [2.24, 2.45) is 11.7 Å². The number of urea groups is 1. The van der Waals surface area contributed by atoms with Gasteiger partial charge in [0.05, 0.1) is 6.42 Å². The van der Waals surface area contributed by atoms with E-state index in [1.54, 1.807) is 13.1 Å². The minimum absolute atomic E-state index is 0.0266. The molecule has 2 rings (SSSR count). The van der Waals surface area contributed by atoms with Crippen molar-refractivity contribution in [3.8, 4) is 0 Å². The lowest BCUT2D eigenvalue weighted by Gasteiger charge is -2.19. The van der Waals surface area contributed by atoms with Gasteiger partial charge in [0, 0.05) is 12.7 Å². The van der Waals surface area contributed by atoms with Gasteiger partial charge in [-0.2, -0.15) is 0 Å². The fourth-order valence-corrected chi connectivity index (χ4v) is 2.33. The monoisotopic (exact) mass is 262 g/mol. The normalized spacial score (nSPS) is 15.8. The molecule has 0 bridgehead atoms. The third kappa shape index (κ3) is 3.24. The van der Waals surface area contributed by atoms with E-state index in [1.165, 1.54) is 4.90 Å². The molecule has 1 aliphatic rings. The number of benzene rings is 1. The molecule has 1 aliphatic carbocycles. The van der Waals surface area contributed by atoms with Crippen LogP contribution in [0.5, 0.6) is 0 Å². The molecule has 3 N–H and O–H groups in total. The Kier molecular flexibility index (Phi) is 3.74. The van der Waals surface area contributed by atoms with Gasteiger partial charge in [-0.3, -0.25) is 9.69 Å². The summed E-state index contributed by atoms with van der Waals surface area (Å²) in [6, 6.07) is 6.87. The average Bonchev–Trinajstić information content (AvgIpc) is 3.19. The van der Waals surface area contributed by atoms with Gasteiger partial charge in [-0.1, -0.05) is 12.1 Å². The summed E-state index contributed by atoms with van der Waals surface area (Å²) in [5, 5.41) is 9.00. The second kappa shape index (κ2) is 5.30. The predicted octanol–water partition coefficient (Wildman–Crippen LogP) is 2.17. The number of primary amides is 1. The number of hydrogen-bond donors (Lipinski definition) is 2. The summed E-state index contributed by atoms with van der Waals surface area (Å²) in [6.07, 6.45) is 2.29. The Morgan fingerprint density at radius 3 is 2.68 bits per heavy atom. The molecular weight excluding hydrogens is 244 g/mol. The van der Waals surface area contributed by atoms with Crippen molar-refractivity contribution >= 4 is 17.7 Å². The van der Waals surface area contributed by atoms with E-state index in [-0.39, 0.29) is 12.3 Å². The summed E-state index contributed by atoms with van der Waals surface area (Å²) in [7, 11) is 1.60. The van der Waals surface area contributed by atoms with Crippen LogP contribution in [0.2, 0.25) is 0 Å². The number of anilines is 1. The van der Waals surface area contributed by atoms with Crippen LogP contribution in [-0.4, -0.2) is 24.2 Å². The number of nitrogens with zero attached hydrogens (tertiary/aromatic N) is 1. The highest BCUT2D eigenvalue weighted by atomic mass is 16.4. The van der Waals surface area contributed by atoms with Crippen LogP contribution in [0.1, 0.15) is 30.7 Å². The van der Waals surface area contributed by atoms with Crippen molar-refractivity contribution in [2.45, 2.75) is 25.2 Å². The second-order valence-electron chi connectivity index (χ2n) is 5.03. The number of nitrogens with two attached hydrogens (primary N) is 1. The summed E-state index contributed by atoms with van der Waals surface area (Å²) in [5.74, 6) is -0.311. The molecule has 1 saturated carbocycles. The lowest BCUT2D eigenvalue weighted by atomic mass is 9.90. The van der Waals surface area contributed by atoms with Crippen LogP contribution in [-0.2, 0) is 4.79 Å². The number of amides is 2. The van der Waals surface area contributed by atoms with Crippen LogP contribution in [0.3, 0.4) is 0 Å². The third-order valence-electron chi connectivity index (χ3n) is 3.60. The van der Waals surface area contributed by atoms with Gasteiger partial charge < -0.3 is 10.8 Å². The Balaban J connectivity index is 2.25. The van der Waals surface area contributed by atoms with Crippen molar-refractivity contribution in [2.75, 3.05) is 11.9 Å². The topological polar surface area (TPSA) is 83.6 Å². The van der Waals surface area contributed by atoms with E-state index in [4.69, 9.17) is 10.8 Å². The molecule has 1 aromatic carbocycles. The van der Waals surface area contributed by atoms with Crippen LogP contribution in [0.15, 0.2) is 24.3 Å². The van der Waals surface area contributed by atoms with E-state index in [9.17, 15) is 9.59 Å². The Morgan fingerprint density at radius 2 is 2.16 bits per heavy atom. The quantitative estimate of drug-likeness (QED) is 0.853. The van der Waals surface area contributed by atoms with Gasteiger partial charge in [0.1, 0.15) is 0 Å². The van der Waals surface area contributed by atoms with E-state index in [0.29, 0.717) is 11.6 Å². The van der Waals surface area contributed by atoms with Crippen LogP contribution in [0, 0.1) is 5.92 Å². The summed E-state index contributed by atoms with van der Waals surface area (Å²) >= 11 is 0. The molecular formula is C14H18N2O3. The maximum absolute atomic E-state index is 11.2. The first-order chi connectivity index (χ1) is 8.99. The van der Waals surface area contributed by atoms with E-state index in [0.717, 1.165) is 18.4 Å². The molecule has 1 unspecified atom stereocenters. The first kappa shape index (κ1) is 13.4. The maximum atomic E-state index is 11.2. The molecule has 0 heterocycles. The summed E-state index contributed by atoms with van der Waals surface area (Å²) in [6.45, 7) is 0. The van der Waals surface area contributed by atoms with Crippen LogP contribution in [0.4, 0.5) is 10.5 Å². The first-order valence-electron chi connectivity index (χ1n) is 6.34. The molecule has 5 nitrogen and oxygen atoms in total. The number of carboxylic acid groups (broad SMARTS) is 1. The molecule has 1 aromatic rings. The van der Waals surface area contributed by atoms with Gasteiger partial charge >= 0.3 is 12.0 Å². The number of aliphatic carboxylic acids is 1. The van der Waals surface area contributed by atoms with Gasteiger partial charge in [-0.05, 0) is 42.4 Å². The molecule has 1 atom stereocenters. The molecule has 0 radical (unpaired) electrons. The van der Waals surface area contributed by atoms with Crippen molar-refractivity contribution in [1.82, 2.24) is 0 Å². The van der Waals surface area contributed by atoms with Crippen molar-refractivity contribution < 1.29 is 14.7 Å². The average molecular weight is 262 g/mol. The zero-order valence-corrected chi connectivity index (χ0v) is 10.9. The van der Waals surface area contributed by atoms with E-state index < -0.39 is 12.0 Å². The Hall–Kier alpha value is -2.04. The van der Waals surface area contributed by atoms with Gasteiger partial charge in [-0.25, -0.2) is 4.79 Å². The summed E-state index contributed by atoms with van der Waals surface area (Å²) in [4.78, 5) is 23.5. The minimum Gasteiger partial charge on any atom is -0.481 e. The molecule has 1 fully saturated rings. The smallest absolute Gasteiger partial charge is 0.318 e. The number of carbonyl (C=O) groups is 2. The second-order valence-corrected chi connectivity index (χ2v) is 5.03. The van der Waals surface area contributed by atoms with Crippen LogP contribution < -0.4 is 10.6 Å². The summed E-state index contributed by atoms with van der Waals surface area (Å²) < 4.78 is 0. The molecule has 0 spiro atoms. The van der Waals surface area contributed by atoms with Crippen LogP contribution >= 0.6 is 0 Å². The van der Waals surface area contributed by atoms with Gasteiger partial charge in [0.2, 0.25) is 0 Å². The number of carbonyl (C=O) groups excluding carboxylic acids is 1. The molecule has 5 heteroatoms. The number of rotatable bonds is 5. The highest BCUT2D eigenvalue weighted by Gasteiger charge is 2.33. The standard InChI is InChI=1S/C14H18N2O3/c1-16(14(15)19)11-4-2-3-10(7-11)12(8-13(17)18)9-5-6-9/h2-4,7,9,12H,5-6,8H2,1H3,(H2,15,19)(H,17,18). The fourth-order valence-electron chi connectivity index (χ4n) is 2.33. The Morgan fingerprint density at radius 1 is 1.47 bits per heavy atom. The van der Waals surface area contributed by atoms with E-state index in [1.807, 2.05) is 18.2 Å². The lowest BCUT2D eigenvalue weighted by Crippen LogP contribution is -2.31. The third-order valence-corrected chi connectivity index (χ3v) is 3.60. The highest BCUT2D eigenvalue weighted by molar-refractivity contribution is 5.90. The molecule has 0 saturated heterocycles. The molecule has 102 valence electrons. The lowest BCUT2D eigenvalue weighted by molar-refractivity contribution is -0.137. The zero-order valence-electron chi connectivity index (χ0n) is 10.9. The first-order valence-corrected chi connectivity index (χ1v) is 6.34. The fraction of sp³-hybridized carbons (Fsp3) is 0.429. The van der Waals surface area contributed by atoms with E-state index in [2.05, 4.69) is 0 Å². The van der Waals surface area contributed by atoms with Crippen molar-refractivity contribution in [3.05, 3.63) is 29.8 Å². The minimum atomic E-state index is -0.787. The molecule has 0 aliphatic heterocycles. The predicted molar refractivity (Wildman–Crippen MR) is 72.1 cm³/mol. The SMILES string of the molecule is CN(C(N)=O)c1cccc(C(CC(=O)O)C2CC2)c1. The molecule has 0 aromatic heterocycles. The maximum Gasteiger partial charge on any atom is 0.318 e. The van der Waals surface area contributed by atoms with E-state index >= 15 is 0 Å². The van der Waals surface area contributed by atoms with Crippen LogP contribution in [0.25, 0.3) is 0 Å². The van der Waals surface area contributed by atoms with Gasteiger partial charge in [0.25, 0.3) is 0 Å². The zero-order chi connectivity index (χ0) is 14.0. The van der Waals surface area contributed by atoms with Crippen molar-refractivity contribution in [3.63, 3.8) is 0 Å². The Bertz CT molecular complexity index is 497. The molecule has 19 heavy (non-hydrogen) atoms. The number of hydrogen-bond acceptors (Lipinski definition) is 2. The van der Waals surface area contributed by atoms with Gasteiger partial charge in [-0.15, -0.1) is 0 Å². The summed E-state index contributed by atoms with van der Waals surface area (Å²) in [5.41, 5.74) is 6.90. The number of carboxylic acids is 1. The Labute approximate surface area is 112 Å². The van der Waals surface area contributed by atoms with Crippen molar-refractivity contribution in [1.29, 1.82) is 0 Å². The van der Waals surface area contributed by atoms with Gasteiger partial charge in [0.15, 0.2) is 0 Å². The molecule has 2 amide bonds.